The molecular formula is C16H14FN7. The summed E-state index contributed by atoms with van der Waals surface area (Å²) in [6.45, 7) is 2.82. The van der Waals surface area contributed by atoms with Gasteiger partial charge >= 0.3 is 0 Å². The Bertz CT molecular complexity index is 987. The van der Waals surface area contributed by atoms with Gasteiger partial charge in [-0.2, -0.15) is 9.61 Å². The van der Waals surface area contributed by atoms with Gasteiger partial charge in [-0.05, 0) is 43.3 Å². The molecule has 3 aromatic heterocycles. The van der Waals surface area contributed by atoms with Crippen LogP contribution in [0, 0.1) is 5.82 Å². The largest absolute Gasteiger partial charge is 0.336 e. The summed E-state index contributed by atoms with van der Waals surface area (Å²) in [6.07, 6.45) is 3.64. The van der Waals surface area contributed by atoms with E-state index in [4.69, 9.17) is 0 Å². The van der Waals surface area contributed by atoms with Gasteiger partial charge in [0.15, 0.2) is 17.3 Å². The third-order valence-electron chi connectivity index (χ3n) is 3.59. The zero-order chi connectivity index (χ0) is 16.5. The average Bonchev–Trinajstić information content (AvgIpc) is 3.22. The molecular weight excluding hydrogens is 309 g/mol. The molecule has 0 aliphatic carbocycles. The molecule has 120 valence electrons. The number of nitrogens with one attached hydrogen (secondary N) is 1. The van der Waals surface area contributed by atoms with Crippen LogP contribution in [0.2, 0.25) is 0 Å². The zero-order valence-corrected chi connectivity index (χ0v) is 12.9. The highest BCUT2D eigenvalue weighted by atomic mass is 19.1. The van der Waals surface area contributed by atoms with Crippen LogP contribution < -0.4 is 5.32 Å². The van der Waals surface area contributed by atoms with E-state index in [2.05, 4.69) is 25.7 Å². The highest BCUT2D eigenvalue weighted by molar-refractivity contribution is 5.61. The van der Waals surface area contributed by atoms with Crippen LogP contribution in [0.1, 0.15) is 6.92 Å². The van der Waals surface area contributed by atoms with Crippen LogP contribution in [-0.2, 0) is 6.54 Å². The van der Waals surface area contributed by atoms with E-state index in [1.165, 1.54) is 12.1 Å². The summed E-state index contributed by atoms with van der Waals surface area (Å²) < 4.78 is 16.6. The lowest BCUT2D eigenvalue weighted by molar-refractivity contribution is 0.628. The first-order valence-electron chi connectivity index (χ1n) is 7.51. The molecule has 0 spiro atoms. The number of anilines is 2. The topological polar surface area (TPSA) is 72.9 Å². The van der Waals surface area contributed by atoms with Crippen molar-refractivity contribution < 1.29 is 4.39 Å². The predicted octanol–water partition coefficient (Wildman–Crippen LogP) is 2.89. The van der Waals surface area contributed by atoms with Crippen LogP contribution in [-0.4, -0.2) is 29.6 Å². The first-order valence-corrected chi connectivity index (χ1v) is 7.51. The summed E-state index contributed by atoms with van der Waals surface area (Å²) in [4.78, 5) is 0. The molecule has 0 radical (unpaired) electrons. The average molecular weight is 323 g/mol. The summed E-state index contributed by atoms with van der Waals surface area (Å²) in [5.41, 5.74) is 2.21. The molecule has 0 aliphatic heterocycles. The smallest absolute Gasteiger partial charge is 0.185 e. The molecule has 1 aromatic carbocycles. The first-order chi connectivity index (χ1) is 11.7. The first kappa shape index (κ1) is 14.3. The second kappa shape index (κ2) is 5.73. The third-order valence-corrected chi connectivity index (χ3v) is 3.59. The Morgan fingerprint density at radius 1 is 1.08 bits per heavy atom. The van der Waals surface area contributed by atoms with Gasteiger partial charge < -0.3 is 5.32 Å². The van der Waals surface area contributed by atoms with Gasteiger partial charge in [0.05, 0.1) is 11.9 Å². The van der Waals surface area contributed by atoms with Crippen LogP contribution in [0.5, 0.6) is 0 Å². The Morgan fingerprint density at radius 3 is 2.67 bits per heavy atom. The molecule has 7 nitrogen and oxygen atoms in total. The Balaban J connectivity index is 1.71. The molecule has 8 heteroatoms. The molecule has 0 aliphatic rings. The number of fused-ring (bicyclic) bond motifs is 1. The molecule has 4 aromatic rings. The lowest BCUT2D eigenvalue weighted by atomic mass is 10.2. The van der Waals surface area contributed by atoms with Crippen molar-refractivity contribution >= 4 is 17.2 Å². The lowest BCUT2D eigenvalue weighted by Crippen LogP contribution is -2.00. The second-order valence-electron chi connectivity index (χ2n) is 5.23. The van der Waals surface area contributed by atoms with E-state index < -0.39 is 0 Å². The minimum absolute atomic E-state index is 0.296. The normalized spacial score (nSPS) is 11.1. The maximum absolute atomic E-state index is 13.1. The van der Waals surface area contributed by atoms with E-state index in [1.807, 2.05) is 29.9 Å². The number of benzene rings is 1. The van der Waals surface area contributed by atoms with Crippen molar-refractivity contribution in [3.05, 3.63) is 54.6 Å². The van der Waals surface area contributed by atoms with Crippen molar-refractivity contribution in [3.63, 3.8) is 0 Å². The monoisotopic (exact) mass is 323 g/mol. The highest BCUT2D eigenvalue weighted by Crippen LogP contribution is 2.20. The van der Waals surface area contributed by atoms with Crippen LogP contribution in [0.15, 0.2) is 48.8 Å². The van der Waals surface area contributed by atoms with Crippen molar-refractivity contribution in [2.45, 2.75) is 13.5 Å². The molecule has 0 unspecified atom stereocenters. The maximum Gasteiger partial charge on any atom is 0.185 e. The summed E-state index contributed by atoms with van der Waals surface area (Å²) >= 11 is 0. The van der Waals surface area contributed by atoms with Gasteiger partial charge in [-0.1, -0.05) is 0 Å². The predicted molar refractivity (Wildman–Crippen MR) is 87.4 cm³/mol. The molecule has 0 atom stereocenters. The van der Waals surface area contributed by atoms with Crippen molar-refractivity contribution in [3.8, 4) is 11.4 Å². The van der Waals surface area contributed by atoms with Crippen LogP contribution in [0.4, 0.5) is 15.9 Å². The molecule has 0 amide bonds. The Morgan fingerprint density at radius 2 is 1.92 bits per heavy atom. The SMILES string of the molecule is CCn1cc(Nc2ccc3nnc(-c4ccc(F)cc4)n3n2)cn1. The number of rotatable bonds is 4. The third kappa shape index (κ3) is 2.58. The lowest BCUT2D eigenvalue weighted by Gasteiger charge is -2.04. The van der Waals surface area contributed by atoms with Gasteiger partial charge in [0.2, 0.25) is 0 Å². The maximum atomic E-state index is 13.1. The number of aromatic nitrogens is 6. The number of hydrogen-bond donors (Lipinski definition) is 1. The molecule has 0 bridgehead atoms. The van der Waals surface area contributed by atoms with Crippen LogP contribution in [0.25, 0.3) is 17.0 Å². The van der Waals surface area contributed by atoms with Crippen molar-refractivity contribution in [1.82, 2.24) is 29.6 Å². The van der Waals surface area contributed by atoms with Crippen molar-refractivity contribution in [1.29, 1.82) is 0 Å². The Labute approximate surface area is 136 Å². The molecule has 0 saturated carbocycles. The van der Waals surface area contributed by atoms with Gasteiger partial charge in [-0.15, -0.1) is 15.3 Å². The summed E-state index contributed by atoms with van der Waals surface area (Å²) in [5, 5.41) is 20.2. The minimum atomic E-state index is -0.296. The van der Waals surface area contributed by atoms with Gasteiger partial charge in [-0.3, -0.25) is 4.68 Å². The molecule has 0 saturated heterocycles. The standard InChI is InChI=1S/C16H14FN7/c1-2-23-10-13(9-18-23)19-14-7-8-15-20-21-16(24(15)22-14)11-3-5-12(17)6-4-11/h3-10H,2H2,1H3,(H,19,22). The molecule has 24 heavy (non-hydrogen) atoms. The van der Waals surface area contributed by atoms with E-state index in [0.717, 1.165) is 17.8 Å². The van der Waals surface area contributed by atoms with Gasteiger partial charge in [-0.25, -0.2) is 4.39 Å². The fraction of sp³-hybridized carbons (Fsp3) is 0.125. The number of aryl methyl sites for hydroxylation is 1. The Kier molecular flexibility index (Phi) is 3.42. The van der Waals surface area contributed by atoms with Gasteiger partial charge in [0, 0.05) is 18.3 Å². The van der Waals surface area contributed by atoms with E-state index in [9.17, 15) is 4.39 Å². The van der Waals surface area contributed by atoms with E-state index >= 15 is 0 Å². The summed E-state index contributed by atoms with van der Waals surface area (Å²) in [7, 11) is 0. The van der Waals surface area contributed by atoms with E-state index in [0.29, 0.717) is 17.3 Å². The van der Waals surface area contributed by atoms with E-state index in [-0.39, 0.29) is 5.82 Å². The van der Waals surface area contributed by atoms with Crippen molar-refractivity contribution in [2.24, 2.45) is 0 Å². The fourth-order valence-corrected chi connectivity index (χ4v) is 2.38. The summed E-state index contributed by atoms with van der Waals surface area (Å²) in [6, 6.07) is 9.72. The molecule has 3 heterocycles. The summed E-state index contributed by atoms with van der Waals surface area (Å²) in [5.74, 6) is 0.898. The minimum Gasteiger partial charge on any atom is -0.336 e. The Hall–Kier alpha value is -3.29. The van der Waals surface area contributed by atoms with Crippen molar-refractivity contribution in [2.75, 3.05) is 5.32 Å². The van der Waals surface area contributed by atoms with Crippen LogP contribution >= 0.6 is 0 Å². The van der Waals surface area contributed by atoms with Crippen LogP contribution in [0.3, 0.4) is 0 Å². The molecule has 0 fully saturated rings. The number of halogens is 1. The quantitative estimate of drug-likeness (QED) is 0.625. The molecule has 1 N–H and O–H groups in total. The molecule has 4 rings (SSSR count). The fourth-order valence-electron chi connectivity index (χ4n) is 2.38. The van der Waals surface area contributed by atoms with Gasteiger partial charge in [0.1, 0.15) is 5.82 Å². The highest BCUT2D eigenvalue weighted by Gasteiger charge is 2.10. The number of hydrogen-bond acceptors (Lipinski definition) is 5. The van der Waals surface area contributed by atoms with E-state index in [1.54, 1.807) is 22.8 Å². The number of nitrogens with zero attached hydrogens (tertiary/aromatic N) is 6. The van der Waals surface area contributed by atoms with Gasteiger partial charge in [0.25, 0.3) is 0 Å². The zero-order valence-electron chi connectivity index (χ0n) is 12.9. The second-order valence-corrected chi connectivity index (χ2v) is 5.23.